The molecule has 0 atom stereocenters. The first-order valence-corrected chi connectivity index (χ1v) is 7.91. The van der Waals surface area contributed by atoms with Crippen LogP contribution >= 0.6 is 0 Å². The second-order valence-corrected chi connectivity index (χ2v) is 5.20. The first kappa shape index (κ1) is 19.0. The third-order valence-corrected chi connectivity index (χ3v) is 3.66. The van der Waals surface area contributed by atoms with Gasteiger partial charge in [0.15, 0.2) is 11.5 Å². The number of rotatable bonds is 8. The van der Waals surface area contributed by atoms with E-state index in [0.29, 0.717) is 12.4 Å². The van der Waals surface area contributed by atoms with Gasteiger partial charge in [0, 0.05) is 18.2 Å². The maximum Gasteiger partial charge on any atom is 0.286 e. The van der Waals surface area contributed by atoms with Crippen LogP contribution in [0.1, 0.15) is 22.8 Å². The minimum Gasteiger partial charge on any atom is -0.496 e. The van der Waals surface area contributed by atoms with E-state index in [1.807, 2.05) is 12.1 Å². The summed E-state index contributed by atoms with van der Waals surface area (Å²) in [5, 5.41) is 14.0. The van der Waals surface area contributed by atoms with Crippen molar-refractivity contribution in [3.05, 3.63) is 57.6 Å². The van der Waals surface area contributed by atoms with Gasteiger partial charge in [-0.1, -0.05) is 18.2 Å². The average Bonchev–Trinajstić information content (AvgIpc) is 2.66. The Labute approximate surface area is 150 Å². The number of nitro benzene ring substituents is 1. The molecule has 0 radical (unpaired) electrons. The van der Waals surface area contributed by atoms with E-state index >= 15 is 0 Å². The monoisotopic (exact) mass is 360 g/mol. The molecule has 1 amide bonds. The highest BCUT2D eigenvalue weighted by Crippen LogP contribution is 2.34. The third kappa shape index (κ3) is 4.21. The summed E-state index contributed by atoms with van der Waals surface area (Å²) in [4.78, 5) is 23.3. The zero-order valence-corrected chi connectivity index (χ0v) is 14.8. The molecule has 0 saturated heterocycles. The molecule has 0 aromatic heterocycles. The fourth-order valence-corrected chi connectivity index (χ4v) is 2.43. The van der Waals surface area contributed by atoms with Crippen LogP contribution in [0.25, 0.3) is 0 Å². The van der Waals surface area contributed by atoms with Gasteiger partial charge in [-0.2, -0.15) is 0 Å². The zero-order valence-electron chi connectivity index (χ0n) is 14.8. The van der Waals surface area contributed by atoms with Gasteiger partial charge in [0.05, 0.1) is 31.8 Å². The number of nitrogens with one attached hydrogen (secondary N) is 1. The molecule has 0 aliphatic carbocycles. The first-order chi connectivity index (χ1) is 12.5. The normalized spacial score (nSPS) is 10.1. The average molecular weight is 360 g/mol. The lowest BCUT2D eigenvalue weighted by Gasteiger charge is -2.13. The second kappa shape index (κ2) is 8.70. The Morgan fingerprint density at radius 1 is 1.12 bits per heavy atom. The minimum absolute atomic E-state index is 0.106. The lowest BCUT2D eigenvalue weighted by atomic mass is 10.1. The second-order valence-electron chi connectivity index (χ2n) is 5.20. The van der Waals surface area contributed by atoms with Crippen molar-refractivity contribution in [2.45, 2.75) is 13.5 Å². The van der Waals surface area contributed by atoms with Crippen LogP contribution in [0.2, 0.25) is 0 Å². The molecule has 2 aromatic rings. The van der Waals surface area contributed by atoms with Crippen LogP contribution in [-0.4, -0.2) is 31.7 Å². The topological polar surface area (TPSA) is 99.9 Å². The summed E-state index contributed by atoms with van der Waals surface area (Å²) in [7, 11) is 2.93. The predicted molar refractivity (Wildman–Crippen MR) is 95.0 cm³/mol. The third-order valence-electron chi connectivity index (χ3n) is 3.66. The molecule has 2 rings (SSSR count). The number of ether oxygens (including phenoxy) is 3. The van der Waals surface area contributed by atoms with Gasteiger partial charge >= 0.3 is 0 Å². The first-order valence-electron chi connectivity index (χ1n) is 7.91. The number of nitro groups is 1. The molecule has 0 heterocycles. The molecule has 0 aliphatic heterocycles. The van der Waals surface area contributed by atoms with Crippen LogP contribution in [0.3, 0.4) is 0 Å². The molecule has 138 valence electrons. The van der Waals surface area contributed by atoms with E-state index in [1.54, 1.807) is 19.1 Å². The van der Waals surface area contributed by atoms with Gasteiger partial charge in [0.25, 0.3) is 11.6 Å². The standard InChI is InChI=1S/C18H20N2O6/c1-4-26-17-10-14(20(22)23)13(9-16(17)25-3)18(21)19-11-12-7-5-6-8-15(12)24-2/h5-10H,4,11H2,1-3H3,(H,19,21). The minimum atomic E-state index is -0.625. The molecule has 8 nitrogen and oxygen atoms in total. The molecule has 0 spiro atoms. The van der Waals surface area contributed by atoms with Gasteiger partial charge in [-0.05, 0) is 13.0 Å². The van der Waals surface area contributed by atoms with Gasteiger partial charge in [-0.25, -0.2) is 0 Å². The maximum atomic E-state index is 12.5. The molecular formula is C18H20N2O6. The highest BCUT2D eigenvalue weighted by Gasteiger charge is 2.24. The van der Waals surface area contributed by atoms with Crippen LogP contribution in [0, 0.1) is 10.1 Å². The molecule has 0 bridgehead atoms. The fourth-order valence-electron chi connectivity index (χ4n) is 2.43. The van der Waals surface area contributed by atoms with Crippen molar-refractivity contribution in [1.29, 1.82) is 0 Å². The van der Waals surface area contributed by atoms with Crippen molar-refractivity contribution in [2.24, 2.45) is 0 Å². The SMILES string of the molecule is CCOc1cc([N+](=O)[O-])c(C(=O)NCc2ccccc2OC)cc1OC. The van der Waals surface area contributed by atoms with Gasteiger partial charge in [0.1, 0.15) is 11.3 Å². The number of nitrogens with zero attached hydrogens (tertiary/aromatic N) is 1. The van der Waals surface area contributed by atoms with E-state index in [-0.39, 0.29) is 29.3 Å². The van der Waals surface area contributed by atoms with E-state index in [4.69, 9.17) is 14.2 Å². The van der Waals surface area contributed by atoms with Gasteiger partial charge in [-0.3, -0.25) is 14.9 Å². The van der Waals surface area contributed by atoms with Crippen LogP contribution in [0.5, 0.6) is 17.2 Å². The molecule has 0 fully saturated rings. The molecular weight excluding hydrogens is 340 g/mol. The molecule has 0 unspecified atom stereocenters. The largest absolute Gasteiger partial charge is 0.496 e. The molecule has 26 heavy (non-hydrogen) atoms. The fraction of sp³-hybridized carbons (Fsp3) is 0.278. The summed E-state index contributed by atoms with van der Waals surface area (Å²) >= 11 is 0. The highest BCUT2D eigenvalue weighted by molar-refractivity contribution is 5.99. The van der Waals surface area contributed by atoms with E-state index in [9.17, 15) is 14.9 Å². The molecule has 2 aromatic carbocycles. The van der Waals surface area contributed by atoms with Crippen molar-refractivity contribution in [3.63, 3.8) is 0 Å². The lowest BCUT2D eigenvalue weighted by molar-refractivity contribution is -0.385. The van der Waals surface area contributed by atoms with E-state index in [2.05, 4.69) is 5.32 Å². The lowest BCUT2D eigenvalue weighted by Crippen LogP contribution is -2.24. The number of carbonyl (C=O) groups is 1. The van der Waals surface area contributed by atoms with Gasteiger partial charge < -0.3 is 19.5 Å². The Morgan fingerprint density at radius 3 is 2.42 bits per heavy atom. The predicted octanol–water partition coefficient (Wildman–Crippen LogP) is 2.94. The van der Waals surface area contributed by atoms with Crippen LogP contribution in [0.4, 0.5) is 5.69 Å². The number of hydrogen-bond donors (Lipinski definition) is 1. The Balaban J connectivity index is 2.30. The van der Waals surface area contributed by atoms with Gasteiger partial charge in [-0.15, -0.1) is 0 Å². The van der Waals surface area contributed by atoms with Crippen molar-refractivity contribution in [2.75, 3.05) is 20.8 Å². The van der Waals surface area contributed by atoms with E-state index < -0.39 is 10.8 Å². The summed E-state index contributed by atoms with van der Waals surface area (Å²) in [6, 6.07) is 9.69. The zero-order chi connectivity index (χ0) is 19.1. The number of para-hydroxylation sites is 1. The summed E-state index contributed by atoms with van der Waals surface area (Å²) in [5.74, 6) is 0.485. The van der Waals surface area contributed by atoms with Crippen molar-refractivity contribution >= 4 is 11.6 Å². The van der Waals surface area contributed by atoms with Crippen molar-refractivity contribution in [3.8, 4) is 17.2 Å². The Bertz CT molecular complexity index is 806. The smallest absolute Gasteiger partial charge is 0.286 e. The van der Waals surface area contributed by atoms with Crippen molar-refractivity contribution in [1.82, 2.24) is 5.32 Å². The van der Waals surface area contributed by atoms with E-state index in [0.717, 1.165) is 5.56 Å². The molecule has 0 aliphatic rings. The Morgan fingerprint density at radius 2 is 1.81 bits per heavy atom. The van der Waals surface area contributed by atoms with Crippen molar-refractivity contribution < 1.29 is 23.9 Å². The number of amides is 1. The molecule has 0 saturated carbocycles. The quantitative estimate of drug-likeness (QED) is 0.574. The molecule has 8 heteroatoms. The van der Waals surface area contributed by atoms with Gasteiger partial charge in [0.2, 0.25) is 0 Å². The number of carbonyl (C=O) groups excluding carboxylic acids is 1. The number of methoxy groups -OCH3 is 2. The van der Waals surface area contributed by atoms with E-state index in [1.165, 1.54) is 26.4 Å². The summed E-state index contributed by atoms with van der Waals surface area (Å²) in [6.07, 6.45) is 0. The summed E-state index contributed by atoms with van der Waals surface area (Å²) in [6.45, 7) is 2.22. The number of hydrogen-bond acceptors (Lipinski definition) is 6. The van der Waals surface area contributed by atoms with Crippen LogP contribution < -0.4 is 19.5 Å². The number of benzene rings is 2. The summed E-state index contributed by atoms with van der Waals surface area (Å²) in [5.41, 5.74) is 0.292. The Kier molecular flexibility index (Phi) is 6.37. The Hall–Kier alpha value is -3.29. The summed E-state index contributed by atoms with van der Waals surface area (Å²) < 4.78 is 15.7. The van der Waals surface area contributed by atoms with Crippen LogP contribution in [-0.2, 0) is 6.54 Å². The van der Waals surface area contributed by atoms with Crippen LogP contribution in [0.15, 0.2) is 36.4 Å². The highest BCUT2D eigenvalue weighted by atomic mass is 16.6. The molecule has 1 N–H and O–H groups in total. The maximum absolute atomic E-state index is 12.5.